The van der Waals surface area contributed by atoms with E-state index in [1.54, 1.807) is 0 Å². The average Bonchev–Trinajstić information content (AvgIpc) is 2.47. The molecule has 1 aliphatic heterocycles. The van der Waals surface area contributed by atoms with Crippen LogP contribution in [0.5, 0.6) is 0 Å². The van der Waals surface area contributed by atoms with Crippen molar-refractivity contribution in [1.82, 2.24) is 4.90 Å². The van der Waals surface area contributed by atoms with Gasteiger partial charge in [-0.25, -0.2) is 0 Å². The highest BCUT2D eigenvalue weighted by Crippen LogP contribution is 2.29. The van der Waals surface area contributed by atoms with Crippen molar-refractivity contribution in [1.29, 1.82) is 0 Å². The van der Waals surface area contributed by atoms with Crippen LogP contribution < -0.4 is 5.73 Å². The van der Waals surface area contributed by atoms with Crippen LogP contribution in [0.15, 0.2) is 0 Å². The van der Waals surface area contributed by atoms with Crippen molar-refractivity contribution in [2.24, 2.45) is 11.1 Å². The van der Waals surface area contributed by atoms with Gasteiger partial charge >= 0.3 is 5.97 Å². The maximum absolute atomic E-state index is 11.4. The van der Waals surface area contributed by atoms with Gasteiger partial charge in [0.05, 0.1) is 7.11 Å². The Bertz CT molecular complexity index is 216. The molecule has 1 atom stereocenters. The summed E-state index contributed by atoms with van der Waals surface area (Å²) >= 11 is 0. The lowest BCUT2D eigenvalue weighted by Gasteiger charge is -2.25. The van der Waals surface area contributed by atoms with Gasteiger partial charge in [-0.2, -0.15) is 0 Å². The minimum absolute atomic E-state index is 0.217. The zero-order valence-electron chi connectivity index (χ0n) is 9.25. The first kappa shape index (κ1) is 11.5. The molecule has 1 saturated heterocycles. The zero-order chi connectivity index (χ0) is 10.8. The van der Waals surface area contributed by atoms with Crippen LogP contribution in [0, 0.1) is 5.41 Å². The van der Waals surface area contributed by atoms with Gasteiger partial charge in [-0.05, 0) is 18.4 Å². The van der Waals surface area contributed by atoms with Crippen molar-refractivity contribution in [3.05, 3.63) is 0 Å². The summed E-state index contributed by atoms with van der Waals surface area (Å²) in [5, 5.41) is 0. The van der Waals surface area contributed by atoms with Crippen molar-refractivity contribution >= 4 is 5.97 Å². The second-order valence-electron chi connectivity index (χ2n) is 4.66. The summed E-state index contributed by atoms with van der Waals surface area (Å²) in [6, 6.07) is -0.262. The van der Waals surface area contributed by atoms with Crippen LogP contribution in [0.25, 0.3) is 0 Å². The Morgan fingerprint density at radius 2 is 2.29 bits per heavy atom. The average molecular weight is 200 g/mol. The van der Waals surface area contributed by atoms with Crippen LogP contribution in [0.3, 0.4) is 0 Å². The summed E-state index contributed by atoms with van der Waals surface area (Å²) in [5.74, 6) is -0.217. The van der Waals surface area contributed by atoms with Gasteiger partial charge in [-0.15, -0.1) is 0 Å². The lowest BCUT2D eigenvalue weighted by Crippen LogP contribution is -2.46. The SMILES string of the molecule is COC(=O)C(CN)N1CCC(C)(C)C1. The van der Waals surface area contributed by atoms with E-state index >= 15 is 0 Å². The number of ether oxygens (including phenoxy) is 1. The molecule has 1 unspecified atom stereocenters. The third-order valence-corrected chi connectivity index (χ3v) is 2.84. The highest BCUT2D eigenvalue weighted by molar-refractivity contribution is 5.76. The quantitative estimate of drug-likeness (QED) is 0.662. The second-order valence-corrected chi connectivity index (χ2v) is 4.66. The van der Waals surface area contributed by atoms with Crippen LogP contribution in [0.1, 0.15) is 20.3 Å². The Labute approximate surface area is 85.4 Å². The fourth-order valence-electron chi connectivity index (χ4n) is 1.95. The summed E-state index contributed by atoms with van der Waals surface area (Å²) < 4.78 is 4.72. The molecule has 1 rings (SSSR count). The molecule has 82 valence electrons. The predicted octanol–water partition coefficient (Wildman–Crippen LogP) is 0.219. The Kier molecular flexibility index (Phi) is 3.50. The topological polar surface area (TPSA) is 55.6 Å². The minimum Gasteiger partial charge on any atom is -0.468 e. The molecule has 14 heavy (non-hydrogen) atoms. The smallest absolute Gasteiger partial charge is 0.324 e. The third kappa shape index (κ3) is 2.45. The van der Waals surface area contributed by atoms with Crippen LogP contribution in [-0.2, 0) is 9.53 Å². The molecule has 2 N–H and O–H groups in total. The highest BCUT2D eigenvalue weighted by atomic mass is 16.5. The Balaban J connectivity index is 2.59. The second kappa shape index (κ2) is 4.28. The van der Waals surface area contributed by atoms with Crippen molar-refractivity contribution < 1.29 is 9.53 Å². The number of hydrogen-bond acceptors (Lipinski definition) is 4. The van der Waals surface area contributed by atoms with E-state index in [0.717, 1.165) is 19.5 Å². The summed E-state index contributed by atoms with van der Waals surface area (Å²) in [5.41, 5.74) is 5.87. The van der Waals surface area contributed by atoms with Crippen molar-refractivity contribution in [2.75, 3.05) is 26.7 Å². The van der Waals surface area contributed by atoms with Crippen LogP contribution >= 0.6 is 0 Å². The summed E-state index contributed by atoms with van der Waals surface area (Å²) in [6.07, 6.45) is 1.11. The van der Waals surface area contributed by atoms with Crippen LogP contribution in [-0.4, -0.2) is 43.7 Å². The fraction of sp³-hybridized carbons (Fsp3) is 0.900. The van der Waals surface area contributed by atoms with E-state index in [1.807, 2.05) is 0 Å². The van der Waals surface area contributed by atoms with E-state index in [-0.39, 0.29) is 12.0 Å². The normalized spacial score (nSPS) is 23.4. The molecule has 1 fully saturated rings. The number of carbonyl (C=O) groups is 1. The van der Waals surface area contributed by atoms with Gasteiger partial charge in [-0.1, -0.05) is 13.8 Å². The first-order chi connectivity index (χ1) is 6.50. The molecule has 0 bridgehead atoms. The third-order valence-electron chi connectivity index (χ3n) is 2.84. The number of hydrogen-bond donors (Lipinski definition) is 1. The van der Waals surface area contributed by atoms with Crippen LogP contribution in [0.2, 0.25) is 0 Å². The Morgan fingerprint density at radius 3 is 2.64 bits per heavy atom. The van der Waals surface area contributed by atoms with E-state index in [4.69, 9.17) is 10.5 Å². The zero-order valence-corrected chi connectivity index (χ0v) is 9.25. The summed E-state index contributed by atoms with van der Waals surface area (Å²) in [4.78, 5) is 13.5. The van der Waals surface area contributed by atoms with Gasteiger partial charge in [0, 0.05) is 13.1 Å². The first-order valence-corrected chi connectivity index (χ1v) is 5.02. The Morgan fingerprint density at radius 1 is 1.64 bits per heavy atom. The maximum Gasteiger partial charge on any atom is 0.324 e. The Hall–Kier alpha value is -0.610. The maximum atomic E-state index is 11.4. The lowest BCUT2D eigenvalue weighted by atomic mass is 9.93. The molecule has 0 radical (unpaired) electrons. The van der Waals surface area contributed by atoms with E-state index in [2.05, 4.69) is 18.7 Å². The van der Waals surface area contributed by atoms with Crippen molar-refractivity contribution in [2.45, 2.75) is 26.3 Å². The number of methoxy groups -OCH3 is 1. The monoisotopic (exact) mass is 200 g/mol. The number of nitrogens with zero attached hydrogens (tertiary/aromatic N) is 1. The molecule has 0 aromatic carbocycles. The van der Waals surface area contributed by atoms with Crippen molar-refractivity contribution in [3.8, 4) is 0 Å². The molecule has 0 aromatic rings. The predicted molar refractivity (Wildman–Crippen MR) is 54.8 cm³/mol. The lowest BCUT2D eigenvalue weighted by molar-refractivity contribution is -0.146. The standard InChI is InChI=1S/C10H20N2O2/c1-10(2)4-5-12(7-10)8(6-11)9(13)14-3/h8H,4-7,11H2,1-3H3. The number of likely N-dealkylation sites (tertiary alicyclic amines) is 1. The molecule has 4 heteroatoms. The van der Waals surface area contributed by atoms with Gasteiger partial charge < -0.3 is 10.5 Å². The van der Waals surface area contributed by atoms with Gasteiger partial charge in [-0.3, -0.25) is 9.69 Å². The molecule has 0 aliphatic carbocycles. The van der Waals surface area contributed by atoms with Gasteiger partial charge in [0.15, 0.2) is 0 Å². The van der Waals surface area contributed by atoms with E-state index in [1.165, 1.54) is 7.11 Å². The van der Waals surface area contributed by atoms with Crippen LogP contribution in [0.4, 0.5) is 0 Å². The molecule has 0 amide bonds. The minimum atomic E-state index is -0.262. The highest BCUT2D eigenvalue weighted by Gasteiger charge is 2.35. The number of carbonyl (C=O) groups excluding carboxylic acids is 1. The van der Waals surface area contributed by atoms with Gasteiger partial charge in [0.25, 0.3) is 0 Å². The molecular weight excluding hydrogens is 180 g/mol. The summed E-state index contributed by atoms with van der Waals surface area (Å²) in [7, 11) is 1.41. The molecule has 4 nitrogen and oxygen atoms in total. The molecule has 0 aromatic heterocycles. The van der Waals surface area contributed by atoms with Crippen molar-refractivity contribution in [3.63, 3.8) is 0 Å². The van der Waals surface area contributed by atoms with Gasteiger partial charge in [0.1, 0.15) is 6.04 Å². The largest absolute Gasteiger partial charge is 0.468 e. The van der Waals surface area contributed by atoms with E-state index in [0.29, 0.717) is 12.0 Å². The number of nitrogens with two attached hydrogens (primary N) is 1. The van der Waals surface area contributed by atoms with Gasteiger partial charge in [0.2, 0.25) is 0 Å². The molecular formula is C10H20N2O2. The van der Waals surface area contributed by atoms with E-state index in [9.17, 15) is 4.79 Å². The molecule has 1 aliphatic rings. The fourth-order valence-corrected chi connectivity index (χ4v) is 1.95. The summed E-state index contributed by atoms with van der Waals surface area (Å²) in [6.45, 7) is 6.60. The number of rotatable bonds is 3. The molecule has 1 heterocycles. The molecule has 0 saturated carbocycles. The molecule has 0 spiro atoms. The first-order valence-electron chi connectivity index (χ1n) is 5.02. The number of esters is 1. The van der Waals surface area contributed by atoms with E-state index < -0.39 is 0 Å².